The number of halogens is 2. The number of carbonyl (C=O) groups is 3. The van der Waals surface area contributed by atoms with Crippen molar-refractivity contribution in [2.75, 3.05) is 10.2 Å². The number of nitrogens with one attached hydrogen (secondary N) is 1. The Morgan fingerprint density at radius 2 is 1.58 bits per heavy atom. The summed E-state index contributed by atoms with van der Waals surface area (Å²) in [6, 6.07) is 19.8. The van der Waals surface area contributed by atoms with Gasteiger partial charge in [-0.1, -0.05) is 79.7 Å². The number of thioether (sulfide) groups is 1. The van der Waals surface area contributed by atoms with Crippen LogP contribution < -0.4 is 15.1 Å². The van der Waals surface area contributed by atoms with Crippen molar-refractivity contribution in [3.05, 3.63) is 109 Å². The van der Waals surface area contributed by atoms with Crippen LogP contribution in [0.3, 0.4) is 0 Å². The fraction of sp³-hybridized carbons (Fsp3) is 0.250. The molecule has 1 saturated heterocycles. The van der Waals surface area contributed by atoms with Crippen LogP contribution in [0.2, 0.25) is 5.02 Å². The highest BCUT2D eigenvalue weighted by Gasteiger charge is 2.56. The first kappa shape index (κ1) is 29.3. The highest BCUT2D eigenvalue weighted by molar-refractivity contribution is 8.00. The molecule has 0 unspecified atom stereocenters. The zero-order valence-corrected chi connectivity index (χ0v) is 25.9. The Kier molecular flexibility index (Phi) is 7.56. The van der Waals surface area contributed by atoms with Crippen LogP contribution >= 0.6 is 34.7 Å². The maximum atomic E-state index is 14.0. The van der Waals surface area contributed by atoms with Crippen LogP contribution in [0, 0.1) is 11.7 Å². The lowest BCUT2D eigenvalue weighted by Crippen LogP contribution is -2.33. The Labute approximate surface area is 260 Å². The van der Waals surface area contributed by atoms with Crippen molar-refractivity contribution in [1.82, 2.24) is 4.57 Å². The molecule has 1 N–H and O–H groups in total. The SMILES string of the molecule is CC(C)(C)c1ccc([C@@H]2c3sc(=O)n(CC(=O)Nc4ccc(F)cc4)c3S[C@@H]3C(=O)N(c4ccc(Cl)cc4)C(=O)[C@H]23)cc1. The molecule has 0 bridgehead atoms. The second kappa shape index (κ2) is 11.1. The van der Waals surface area contributed by atoms with Crippen LogP contribution in [0.5, 0.6) is 0 Å². The standard InChI is InChI=1S/C32H27ClFN3O4S2/c1-32(2,3)18-6-4-17(5-7-18)24-25-26(29(40)37(28(25)39)22-14-8-19(33)9-15-22)42-30-27(24)43-31(41)36(30)16-23(38)35-21-12-10-20(34)11-13-21/h4-15,24-26H,16H2,1-3H3,(H,35,38)/t24-,25+,26-/m0/s1. The van der Waals surface area contributed by atoms with Gasteiger partial charge in [0, 0.05) is 21.5 Å². The summed E-state index contributed by atoms with van der Waals surface area (Å²) >= 11 is 8.20. The van der Waals surface area contributed by atoms with E-state index in [1.165, 1.54) is 33.7 Å². The number of hydrogen-bond donors (Lipinski definition) is 1. The second-order valence-electron chi connectivity index (χ2n) is 11.6. The van der Waals surface area contributed by atoms with Gasteiger partial charge in [-0.15, -0.1) is 0 Å². The minimum atomic E-state index is -0.802. The van der Waals surface area contributed by atoms with E-state index in [2.05, 4.69) is 26.1 Å². The summed E-state index contributed by atoms with van der Waals surface area (Å²) in [5.74, 6) is -2.95. The number of hydrogen-bond acceptors (Lipinski definition) is 6. The normalized spacial score (nSPS) is 19.7. The van der Waals surface area contributed by atoms with Gasteiger partial charge in [-0.2, -0.15) is 0 Å². The third kappa shape index (κ3) is 5.43. The molecule has 4 aromatic rings. The summed E-state index contributed by atoms with van der Waals surface area (Å²) in [6.45, 7) is 6.03. The molecule has 3 atom stereocenters. The number of rotatable bonds is 5. The number of nitrogens with zero attached hydrogens (tertiary/aromatic N) is 2. The lowest BCUT2D eigenvalue weighted by Gasteiger charge is -2.31. The quantitative estimate of drug-likeness (QED) is 0.255. The molecule has 0 aliphatic carbocycles. The maximum Gasteiger partial charge on any atom is 0.308 e. The second-order valence-corrected chi connectivity index (χ2v) is 14.1. The molecule has 6 rings (SSSR count). The van der Waals surface area contributed by atoms with Crippen LogP contribution in [0.15, 0.2) is 82.6 Å². The third-order valence-electron chi connectivity index (χ3n) is 7.70. The van der Waals surface area contributed by atoms with Crippen LogP contribution in [-0.4, -0.2) is 27.5 Å². The van der Waals surface area contributed by atoms with Gasteiger partial charge in [0.05, 0.1) is 16.6 Å². The van der Waals surface area contributed by atoms with Crippen LogP contribution in [0.25, 0.3) is 0 Å². The van der Waals surface area contributed by atoms with E-state index in [4.69, 9.17) is 11.6 Å². The van der Waals surface area contributed by atoms with Crippen molar-refractivity contribution in [2.45, 2.75) is 48.9 Å². The molecule has 0 saturated carbocycles. The molecule has 220 valence electrons. The Bertz CT molecular complexity index is 1790. The zero-order chi connectivity index (χ0) is 30.6. The number of imide groups is 1. The van der Waals surface area contributed by atoms with Gasteiger partial charge in [-0.05, 0) is 65.1 Å². The summed E-state index contributed by atoms with van der Waals surface area (Å²) in [5.41, 5.74) is 2.65. The average Bonchev–Trinajstić information content (AvgIpc) is 3.40. The zero-order valence-electron chi connectivity index (χ0n) is 23.5. The molecule has 2 aliphatic rings. The number of benzene rings is 3. The van der Waals surface area contributed by atoms with Gasteiger partial charge < -0.3 is 5.32 Å². The van der Waals surface area contributed by atoms with E-state index >= 15 is 0 Å². The molecule has 11 heteroatoms. The smallest absolute Gasteiger partial charge is 0.308 e. The number of amides is 3. The molecule has 7 nitrogen and oxygen atoms in total. The highest BCUT2D eigenvalue weighted by atomic mass is 35.5. The minimum absolute atomic E-state index is 0.0921. The summed E-state index contributed by atoms with van der Waals surface area (Å²) in [7, 11) is 0. The average molecular weight is 636 g/mol. The topological polar surface area (TPSA) is 88.5 Å². The summed E-state index contributed by atoms with van der Waals surface area (Å²) in [6.07, 6.45) is 0. The minimum Gasteiger partial charge on any atom is -0.325 e. The van der Waals surface area contributed by atoms with E-state index in [0.717, 1.165) is 34.2 Å². The van der Waals surface area contributed by atoms with Crippen LogP contribution in [0.4, 0.5) is 15.8 Å². The molecule has 2 aliphatic heterocycles. The third-order valence-corrected chi connectivity index (χ3v) is 10.6. The van der Waals surface area contributed by atoms with Gasteiger partial charge >= 0.3 is 4.87 Å². The van der Waals surface area contributed by atoms with Crippen molar-refractivity contribution >= 4 is 63.8 Å². The first-order valence-electron chi connectivity index (χ1n) is 13.6. The fourth-order valence-corrected chi connectivity index (χ4v) is 8.43. The summed E-state index contributed by atoms with van der Waals surface area (Å²) in [4.78, 5) is 55.7. The molecular formula is C32H27ClFN3O4S2. The molecule has 3 heterocycles. The van der Waals surface area contributed by atoms with Crippen molar-refractivity contribution in [3.8, 4) is 0 Å². The molecule has 1 aromatic heterocycles. The lowest BCUT2D eigenvalue weighted by molar-refractivity contribution is -0.122. The van der Waals surface area contributed by atoms with E-state index in [9.17, 15) is 23.6 Å². The van der Waals surface area contributed by atoms with Crippen molar-refractivity contribution in [3.63, 3.8) is 0 Å². The number of aromatic nitrogens is 1. The number of fused-ring (bicyclic) bond motifs is 2. The molecular weight excluding hydrogens is 609 g/mol. The molecule has 0 radical (unpaired) electrons. The summed E-state index contributed by atoms with van der Waals surface area (Å²) in [5, 5.41) is 2.87. The van der Waals surface area contributed by atoms with Gasteiger partial charge in [0.1, 0.15) is 17.6 Å². The predicted molar refractivity (Wildman–Crippen MR) is 168 cm³/mol. The van der Waals surface area contributed by atoms with E-state index in [1.807, 2.05) is 24.3 Å². The number of anilines is 2. The lowest BCUT2D eigenvalue weighted by atomic mass is 9.81. The first-order valence-corrected chi connectivity index (χ1v) is 15.7. The van der Waals surface area contributed by atoms with E-state index in [0.29, 0.717) is 26.3 Å². The summed E-state index contributed by atoms with van der Waals surface area (Å²) < 4.78 is 14.7. The number of thiazole rings is 1. The largest absolute Gasteiger partial charge is 0.325 e. The Morgan fingerprint density at radius 1 is 0.930 bits per heavy atom. The molecule has 43 heavy (non-hydrogen) atoms. The molecule has 1 fully saturated rings. The van der Waals surface area contributed by atoms with Crippen molar-refractivity contribution in [2.24, 2.45) is 5.92 Å². The van der Waals surface area contributed by atoms with Crippen LogP contribution in [0.1, 0.15) is 42.7 Å². The maximum absolute atomic E-state index is 14.0. The Balaban J connectivity index is 1.41. The van der Waals surface area contributed by atoms with Crippen LogP contribution in [-0.2, 0) is 26.3 Å². The van der Waals surface area contributed by atoms with Gasteiger partial charge in [0.25, 0.3) is 0 Å². The fourth-order valence-electron chi connectivity index (χ4n) is 5.53. The molecule has 3 amide bonds. The van der Waals surface area contributed by atoms with Gasteiger partial charge in [-0.3, -0.25) is 23.7 Å². The highest BCUT2D eigenvalue weighted by Crippen LogP contribution is 2.54. The monoisotopic (exact) mass is 635 g/mol. The predicted octanol–water partition coefficient (Wildman–Crippen LogP) is 6.43. The van der Waals surface area contributed by atoms with E-state index in [1.54, 1.807) is 24.3 Å². The van der Waals surface area contributed by atoms with E-state index < -0.39 is 28.8 Å². The molecule has 3 aromatic carbocycles. The van der Waals surface area contributed by atoms with Crippen molar-refractivity contribution in [1.29, 1.82) is 0 Å². The van der Waals surface area contributed by atoms with E-state index in [-0.39, 0.29) is 28.6 Å². The number of carbonyl (C=O) groups excluding carboxylic acids is 3. The molecule has 0 spiro atoms. The van der Waals surface area contributed by atoms with Gasteiger partial charge in [-0.25, -0.2) is 9.29 Å². The van der Waals surface area contributed by atoms with Gasteiger partial charge in [0.15, 0.2) is 0 Å². The Hall–Kier alpha value is -3.73. The van der Waals surface area contributed by atoms with Gasteiger partial charge in [0.2, 0.25) is 17.7 Å². The first-order chi connectivity index (χ1) is 20.4. The Morgan fingerprint density at radius 3 is 2.21 bits per heavy atom. The van der Waals surface area contributed by atoms with Crippen molar-refractivity contribution < 1.29 is 18.8 Å².